The monoisotopic (exact) mass is 522 g/mol. The maximum absolute atomic E-state index is 14.7. The average molecular weight is 523 g/mol. The molecule has 0 saturated carbocycles. The molecule has 2 N–H and O–H groups in total. The number of carbonyl (C=O) groups excluding carboxylic acids is 2. The van der Waals surface area contributed by atoms with Crippen LogP contribution in [0.4, 0.5) is 0 Å². The second-order valence-corrected chi connectivity index (χ2v) is 15.1. The van der Waals surface area contributed by atoms with Crippen LogP contribution in [0.15, 0.2) is 12.7 Å². The highest BCUT2D eigenvalue weighted by Gasteiger charge is 2.78. The van der Waals surface area contributed by atoms with E-state index in [-0.39, 0.29) is 29.8 Å². The Labute approximate surface area is 221 Å². The number of aliphatic carboxylic acids is 1. The number of likely N-dealkylation sites (tertiary alicyclic amines) is 1. The van der Waals surface area contributed by atoms with Crippen molar-refractivity contribution in [2.24, 2.45) is 23.2 Å². The van der Waals surface area contributed by atoms with Gasteiger partial charge in [-0.25, -0.2) is 0 Å². The maximum Gasteiger partial charge on any atom is 0.308 e. The Hall–Kier alpha value is -1.54. The van der Waals surface area contributed by atoms with Crippen LogP contribution in [0.3, 0.4) is 0 Å². The van der Waals surface area contributed by atoms with E-state index in [9.17, 15) is 24.6 Å². The molecule has 3 aliphatic rings. The van der Waals surface area contributed by atoms with Crippen LogP contribution in [-0.4, -0.2) is 78.1 Å². The summed E-state index contributed by atoms with van der Waals surface area (Å²) in [5.74, 6) is -3.09. The fourth-order valence-electron chi connectivity index (χ4n) is 7.50. The number of fused-ring (bicyclic) bond motifs is 1. The Balaban J connectivity index is 2.19. The van der Waals surface area contributed by atoms with Crippen LogP contribution in [0.2, 0.25) is 0 Å². The smallest absolute Gasteiger partial charge is 0.308 e. The molecule has 3 aliphatic heterocycles. The first-order valence-corrected chi connectivity index (χ1v) is 14.1. The minimum Gasteiger partial charge on any atom is -0.481 e. The molecule has 0 aromatic rings. The molecule has 8 heteroatoms. The van der Waals surface area contributed by atoms with E-state index in [0.717, 1.165) is 12.8 Å². The van der Waals surface area contributed by atoms with Crippen LogP contribution in [-0.2, 0) is 14.4 Å². The third-order valence-electron chi connectivity index (χ3n) is 8.83. The Kier molecular flexibility index (Phi) is 7.78. The number of hydrogen-bond acceptors (Lipinski definition) is 5. The minimum atomic E-state index is -0.974. The predicted octanol–water partition coefficient (Wildman–Crippen LogP) is 4.19. The van der Waals surface area contributed by atoms with Gasteiger partial charge < -0.3 is 20.0 Å². The highest BCUT2D eigenvalue weighted by molar-refractivity contribution is 8.02. The molecule has 0 aliphatic carbocycles. The van der Waals surface area contributed by atoms with Crippen LogP contribution in [0.5, 0.6) is 0 Å². The van der Waals surface area contributed by atoms with Gasteiger partial charge in [0.05, 0.1) is 29.2 Å². The zero-order valence-electron chi connectivity index (χ0n) is 23.3. The van der Waals surface area contributed by atoms with E-state index in [1.165, 1.54) is 0 Å². The van der Waals surface area contributed by atoms with Crippen LogP contribution in [0.25, 0.3) is 0 Å². The molecular formula is C28H46N2O5S. The Morgan fingerprint density at radius 3 is 2.36 bits per heavy atom. The lowest BCUT2D eigenvalue weighted by Gasteiger charge is -2.47. The molecule has 3 heterocycles. The molecule has 2 amide bonds. The van der Waals surface area contributed by atoms with Crippen LogP contribution < -0.4 is 0 Å². The lowest BCUT2D eigenvalue weighted by atomic mass is 9.66. The Bertz CT molecular complexity index is 914. The molecule has 36 heavy (non-hydrogen) atoms. The second-order valence-electron chi connectivity index (χ2n) is 13.2. The van der Waals surface area contributed by atoms with Crippen molar-refractivity contribution in [1.29, 1.82) is 0 Å². The SMILES string of the molecule is C=CCN(C(=O)C1N([C@@H](CO)[C@@H](C)CC)C(=O)[C@@H]2[C@@H](C(=O)O)[C@@]3(C)CCC12S3)C(C)(C)CC(C)(C)C. The summed E-state index contributed by atoms with van der Waals surface area (Å²) in [6.45, 7) is 20.4. The maximum atomic E-state index is 14.7. The average Bonchev–Trinajstić information content (AvgIpc) is 3.31. The van der Waals surface area contributed by atoms with E-state index in [4.69, 9.17) is 0 Å². The highest BCUT2D eigenvalue weighted by Crippen LogP contribution is 2.71. The molecule has 7 nitrogen and oxygen atoms in total. The summed E-state index contributed by atoms with van der Waals surface area (Å²) in [6, 6.07) is -1.37. The fraction of sp³-hybridized carbons (Fsp3) is 0.821. The van der Waals surface area contributed by atoms with Gasteiger partial charge in [0.2, 0.25) is 11.8 Å². The molecule has 0 aromatic heterocycles. The van der Waals surface area contributed by atoms with E-state index in [2.05, 4.69) is 41.2 Å². The first-order chi connectivity index (χ1) is 16.5. The van der Waals surface area contributed by atoms with Crippen molar-refractivity contribution in [1.82, 2.24) is 9.80 Å². The quantitative estimate of drug-likeness (QED) is 0.418. The van der Waals surface area contributed by atoms with Crippen molar-refractivity contribution in [3.05, 3.63) is 12.7 Å². The number of rotatable bonds is 10. The molecular weight excluding hydrogens is 476 g/mol. The van der Waals surface area contributed by atoms with Gasteiger partial charge in [-0.1, -0.05) is 47.1 Å². The van der Waals surface area contributed by atoms with E-state index < -0.39 is 44.9 Å². The number of aliphatic hydroxyl groups excluding tert-OH is 1. The van der Waals surface area contributed by atoms with Gasteiger partial charge in [-0.2, -0.15) is 0 Å². The van der Waals surface area contributed by atoms with Crippen molar-refractivity contribution in [2.45, 2.75) is 108 Å². The van der Waals surface area contributed by atoms with Gasteiger partial charge in [-0.15, -0.1) is 18.3 Å². The standard InChI is InChI=1S/C28H46N2O5S/c1-10-14-29(26(7,8)16-25(4,5)6)23(33)21-28-13-12-27(9,36-28)20(24(34)35)19(28)22(32)30(21)18(15-31)17(3)11-2/h10,17-21,31H,1,11-16H2,2-9H3,(H,34,35)/t17-,18-,19-,20-,21?,27+,28?/m0/s1. The summed E-state index contributed by atoms with van der Waals surface area (Å²) in [5, 5.41) is 20.7. The van der Waals surface area contributed by atoms with Crippen molar-refractivity contribution in [2.75, 3.05) is 13.2 Å². The van der Waals surface area contributed by atoms with Gasteiger partial charge in [-0.05, 0) is 51.4 Å². The minimum absolute atomic E-state index is 0.0397. The van der Waals surface area contributed by atoms with Crippen molar-refractivity contribution in [3.63, 3.8) is 0 Å². The number of hydrogen-bond donors (Lipinski definition) is 2. The number of carboxylic acids is 1. The topological polar surface area (TPSA) is 98.2 Å². The lowest BCUT2D eigenvalue weighted by Crippen LogP contribution is -2.62. The van der Waals surface area contributed by atoms with E-state index in [0.29, 0.717) is 19.4 Å². The van der Waals surface area contributed by atoms with Crippen LogP contribution in [0, 0.1) is 23.2 Å². The molecule has 204 valence electrons. The third kappa shape index (κ3) is 4.50. The van der Waals surface area contributed by atoms with Crippen molar-refractivity contribution in [3.8, 4) is 0 Å². The molecule has 3 fully saturated rings. The van der Waals surface area contributed by atoms with Gasteiger partial charge in [0.1, 0.15) is 6.04 Å². The van der Waals surface area contributed by atoms with Crippen LogP contribution >= 0.6 is 11.8 Å². The zero-order valence-corrected chi connectivity index (χ0v) is 24.2. The summed E-state index contributed by atoms with van der Waals surface area (Å²) in [4.78, 5) is 44.8. The third-order valence-corrected chi connectivity index (χ3v) is 10.8. The number of nitrogens with zero attached hydrogens (tertiary/aromatic N) is 2. The number of amides is 2. The number of carboxylic acid groups (broad SMARTS) is 1. The Morgan fingerprint density at radius 2 is 1.89 bits per heavy atom. The summed E-state index contributed by atoms with van der Waals surface area (Å²) in [6.07, 6.45) is 4.45. The van der Waals surface area contributed by atoms with E-state index >= 15 is 0 Å². The first kappa shape index (κ1) is 29.0. The lowest BCUT2D eigenvalue weighted by molar-refractivity contribution is -0.152. The molecule has 0 aromatic carbocycles. The summed E-state index contributed by atoms with van der Waals surface area (Å²) in [7, 11) is 0. The summed E-state index contributed by atoms with van der Waals surface area (Å²) in [5.41, 5.74) is -0.558. The molecule has 1 spiro atoms. The Morgan fingerprint density at radius 1 is 1.28 bits per heavy atom. The molecule has 3 saturated heterocycles. The number of carbonyl (C=O) groups is 3. The second kappa shape index (κ2) is 9.64. The molecule has 2 bridgehead atoms. The van der Waals surface area contributed by atoms with Gasteiger partial charge in [-0.3, -0.25) is 14.4 Å². The largest absolute Gasteiger partial charge is 0.481 e. The normalized spacial score (nSPS) is 33.4. The zero-order chi connectivity index (χ0) is 27.4. The van der Waals surface area contributed by atoms with Crippen LogP contribution in [0.1, 0.15) is 81.1 Å². The first-order valence-electron chi connectivity index (χ1n) is 13.3. The van der Waals surface area contributed by atoms with Gasteiger partial charge >= 0.3 is 5.97 Å². The van der Waals surface area contributed by atoms with E-state index in [1.807, 2.05) is 25.7 Å². The van der Waals surface area contributed by atoms with E-state index in [1.54, 1.807) is 22.7 Å². The van der Waals surface area contributed by atoms with Crippen molar-refractivity contribution < 1.29 is 24.6 Å². The van der Waals surface area contributed by atoms with Gasteiger partial charge in [0, 0.05) is 16.8 Å². The summed E-state index contributed by atoms with van der Waals surface area (Å²) >= 11 is 1.54. The number of thioether (sulfide) groups is 1. The molecule has 7 atom stereocenters. The fourth-order valence-corrected chi connectivity index (χ4v) is 9.83. The van der Waals surface area contributed by atoms with Crippen molar-refractivity contribution >= 4 is 29.5 Å². The number of aliphatic hydroxyl groups is 1. The molecule has 3 rings (SSSR count). The molecule has 0 radical (unpaired) electrons. The highest BCUT2D eigenvalue weighted by atomic mass is 32.2. The molecule has 2 unspecified atom stereocenters. The van der Waals surface area contributed by atoms with Gasteiger partial charge in [0.25, 0.3) is 0 Å². The predicted molar refractivity (Wildman–Crippen MR) is 144 cm³/mol. The summed E-state index contributed by atoms with van der Waals surface area (Å²) < 4.78 is -1.41. The van der Waals surface area contributed by atoms with Gasteiger partial charge in [0.15, 0.2) is 0 Å².